The molecule has 1 aliphatic heterocycles. The predicted molar refractivity (Wildman–Crippen MR) is 73.9 cm³/mol. The maximum atomic E-state index is 12.4. The molecule has 0 bridgehead atoms. The van der Waals surface area contributed by atoms with Gasteiger partial charge in [-0.15, -0.1) is 0 Å². The van der Waals surface area contributed by atoms with Crippen LogP contribution in [0.3, 0.4) is 0 Å². The third-order valence-corrected chi connectivity index (χ3v) is 3.15. The maximum Gasteiger partial charge on any atom is 0.245 e. The number of nitrogens with one attached hydrogen (secondary N) is 1. The molecule has 1 saturated heterocycles. The lowest BCUT2D eigenvalue weighted by Gasteiger charge is -2.34. The highest BCUT2D eigenvalue weighted by atomic mass is 16.2. The summed E-state index contributed by atoms with van der Waals surface area (Å²) in [6.07, 6.45) is 0. The quantitative estimate of drug-likeness (QED) is 0.854. The Labute approximate surface area is 113 Å². The largest absolute Gasteiger partial charge is 0.310 e. The molecule has 2 rings (SSSR count). The lowest BCUT2D eigenvalue weighted by atomic mass is 10.1. The predicted octanol–water partition coefficient (Wildman–Crippen LogP) is 0.425. The highest BCUT2D eigenvalue weighted by molar-refractivity contribution is 5.98. The molecule has 0 aromatic heterocycles. The van der Waals surface area contributed by atoms with Crippen LogP contribution in [0, 0.1) is 11.3 Å². The van der Waals surface area contributed by atoms with Crippen molar-refractivity contribution in [3.63, 3.8) is 0 Å². The first-order valence-corrected chi connectivity index (χ1v) is 6.31. The van der Waals surface area contributed by atoms with E-state index in [9.17, 15) is 4.79 Å². The average molecular weight is 258 g/mol. The average Bonchev–Trinajstić information content (AvgIpc) is 2.41. The van der Waals surface area contributed by atoms with E-state index in [2.05, 4.69) is 11.4 Å². The minimum atomic E-state index is -0.167. The molecule has 1 unspecified atom stereocenters. The molecule has 5 heteroatoms. The molecule has 0 radical (unpaired) electrons. The summed E-state index contributed by atoms with van der Waals surface area (Å²) < 4.78 is 0. The van der Waals surface area contributed by atoms with Gasteiger partial charge in [0, 0.05) is 25.3 Å². The lowest BCUT2D eigenvalue weighted by molar-refractivity contribution is -0.121. The topological polar surface area (TPSA) is 59.4 Å². The number of amides is 1. The number of rotatable bonds is 3. The second-order valence-corrected chi connectivity index (χ2v) is 4.92. The Balaban J connectivity index is 2.14. The van der Waals surface area contributed by atoms with Gasteiger partial charge in [0.25, 0.3) is 0 Å². The molecular weight excluding hydrogens is 240 g/mol. The van der Waals surface area contributed by atoms with Crippen LogP contribution >= 0.6 is 0 Å². The lowest BCUT2D eigenvalue weighted by Crippen LogP contribution is -2.58. The number of benzene rings is 1. The summed E-state index contributed by atoms with van der Waals surface area (Å²) in [5.74, 6) is 0.0876. The van der Waals surface area contributed by atoms with E-state index in [1.54, 1.807) is 17.0 Å². The van der Waals surface area contributed by atoms with Crippen molar-refractivity contribution in [2.45, 2.75) is 6.04 Å². The second-order valence-electron chi connectivity index (χ2n) is 4.92. The highest BCUT2D eigenvalue weighted by Crippen LogP contribution is 2.17. The van der Waals surface area contributed by atoms with Gasteiger partial charge >= 0.3 is 0 Å². The first kappa shape index (κ1) is 13.5. The molecule has 1 aromatic carbocycles. The molecule has 1 aliphatic rings. The van der Waals surface area contributed by atoms with Gasteiger partial charge in [-0.2, -0.15) is 5.26 Å². The van der Waals surface area contributed by atoms with Crippen molar-refractivity contribution < 1.29 is 4.79 Å². The fraction of sp³-hybridized carbons (Fsp3) is 0.429. The number of piperazine rings is 1. The van der Waals surface area contributed by atoms with Crippen LogP contribution in [0.1, 0.15) is 5.56 Å². The number of nitriles is 1. The van der Waals surface area contributed by atoms with E-state index < -0.39 is 0 Å². The van der Waals surface area contributed by atoms with Crippen LogP contribution in [-0.2, 0) is 4.79 Å². The summed E-state index contributed by atoms with van der Waals surface area (Å²) in [6, 6.07) is 9.05. The zero-order chi connectivity index (χ0) is 13.8. The van der Waals surface area contributed by atoms with Gasteiger partial charge in [0.1, 0.15) is 6.04 Å². The van der Waals surface area contributed by atoms with E-state index in [1.165, 1.54) is 0 Å². The third-order valence-electron chi connectivity index (χ3n) is 3.15. The standard InChI is InChI=1S/C14H18N4O/c1-17(2)10-13-14(19)18(8-7-16-13)12-5-3-11(9-15)4-6-12/h3-6,13,16H,7-8,10H2,1-2H3. The Morgan fingerprint density at radius 3 is 2.68 bits per heavy atom. The van der Waals surface area contributed by atoms with Crippen LogP contribution in [0.15, 0.2) is 24.3 Å². The van der Waals surface area contributed by atoms with Crippen molar-refractivity contribution in [3.05, 3.63) is 29.8 Å². The Morgan fingerprint density at radius 1 is 1.42 bits per heavy atom. The number of anilines is 1. The first-order valence-electron chi connectivity index (χ1n) is 6.31. The molecule has 1 amide bonds. The first-order chi connectivity index (χ1) is 9.11. The zero-order valence-electron chi connectivity index (χ0n) is 11.3. The van der Waals surface area contributed by atoms with Gasteiger partial charge in [0.15, 0.2) is 0 Å². The van der Waals surface area contributed by atoms with Crippen LogP contribution < -0.4 is 10.2 Å². The van der Waals surface area contributed by atoms with E-state index in [0.717, 1.165) is 12.2 Å². The highest BCUT2D eigenvalue weighted by Gasteiger charge is 2.29. The molecule has 0 aliphatic carbocycles. The van der Waals surface area contributed by atoms with Crippen LogP contribution in [0.25, 0.3) is 0 Å². The number of carbonyl (C=O) groups is 1. The molecule has 0 spiro atoms. The minimum Gasteiger partial charge on any atom is -0.310 e. The van der Waals surface area contributed by atoms with Crippen LogP contribution in [0.5, 0.6) is 0 Å². The van der Waals surface area contributed by atoms with Gasteiger partial charge in [-0.05, 0) is 38.4 Å². The summed E-state index contributed by atoms with van der Waals surface area (Å²) in [5.41, 5.74) is 1.46. The summed E-state index contributed by atoms with van der Waals surface area (Å²) in [4.78, 5) is 16.2. The molecular formula is C14H18N4O. The maximum absolute atomic E-state index is 12.4. The van der Waals surface area contributed by atoms with Crippen LogP contribution in [0.2, 0.25) is 0 Å². The van der Waals surface area contributed by atoms with Crippen LogP contribution in [0.4, 0.5) is 5.69 Å². The number of hydrogen-bond donors (Lipinski definition) is 1. The van der Waals surface area contributed by atoms with E-state index in [4.69, 9.17) is 5.26 Å². The minimum absolute atomic E-state index is 0.0876. The van der Waals surface area contributed by atoms with Gasteiger partial charge in [-0.3, -0.25) is 4.79 Å². The SMILES string of the molecule is CN(C)CC1NCCN(c2ccc(C#N)cc2)C1=O. The third kappa shape index (κ3) is 3.11. The summed E-state index contributed by atoms with van der Waals surface area (Å²) in [6.45, 7) is 2.13. The van der Waals surface area contributed by atoms with Gasteiger partial charge in [-0.25, -0.2) is 0 Å². The van der Waals surface area contributed by atoms with E-state index in [0.29, 0.717) is 18.7 Å². The second kappa shape index (κ2) is 5.83. The summed E-state index contributed by atoms with van der Waals surface area (Å²) in [5, 5.41) is 12.0. The smallest absolute Gasteiger partial charge is 0.245 e. The molecule has 1 N–H and O–H groups in total. The fourth-order valence-electron chi connectivity index (χ4n) is 2.22. The van der Waals surface area contributed by atoms with E-state index >= 15 is 0 Å². The summed E-state index contributed by atoms with van der Waals surface area (Å²) in [7, 11) is 3.91. The van der Waals surface area contributed by atoms with Crippen molar-refractivity contribution >= 4 is 11.6 Å². The monoisotopic (exact) mass is 258 g/mol. The Hall–Kier alpha value is -1.90. The zero-order valence-corrected chi connectivity index (χ0v) is 11.3. The summed E-state index contributed by atoms with van der Waals surface area (Å²) >= 11 is 0. The van der Waals surface area contributed by atoms with Crippen molar-refractivity contribution in [2.24, 2.45) is 0 Å². The van der Waals surface area contributed by atoms with Crippen molar-refractivity contribution in [2.75, 3.05) is 38.6 Å². The van der Waals surface area contributed by atoms with Gasteiger partial charge in [-0.1, -0.05) is 0 Å². The van der Waals surface area contributed by atoms with E-state index in [1.807, 2.05) is 31.1 Å². The Morgan fingerprint density at radius 2 is 2.11 bits per heavy atom. The van der Waals surface area contributed by atoms with Crippen molar-refractivity contribution in [1.29, 1.82) is 5.26 Å². The molecule has 100 valence electrons. The molecule has 5 nitrogen and oxygen atoms in total. The Bertz CT molecular complexity index is 489. The number of likely N-dealkylation sites (N-methyl/N-ethyl adjacent to an activating group) is 1. The van der Waals surface area contributed by atoms with Gasteiger partial charge < -0.3 is 15.1 Å². The van der Waals surface area contributed by atoms with Crippen molar-refractivity contribution in [1.82, 2.24) is 10.2 Å². The molecule has 1 aromatic rings. The number of nitrogens with zero attached hydrogens (tertiary/aromatic N) is 3. The van der Waals surface area contributed by atoms with Gasteiger partial charge in [0.2, 0.25) is 5.91 Å². The van der Waals surface area contributed by atoms with Gasteiger partial charge in [0.05, 0.1) is 11.6 Å². The fourth-order valence-corrected chi connectivity index (χ4v) is 2.22. The van der Waals surface area contributed by atoms with E-state index in [-0.39, 0.29) is 11.9 Å². The molecule has 19 heavy (non-hydrogen) atoms. The normalized spacial score (nSPS) is 19.6. The molecule has 1 fully saturated rings. The molecule has 1 atom stereocenters. The van der Waals surface area contributed by atoms with Crippen molar-refractivity contribution in [3.8, 4) is 6.07 Å². The molecule has 1 heterocycles. The number of carbonyl (C=O) groups excluding carboxylic acids is 1. The number of hydrogen-bond acceptors (Lipinski definition) is 4. The molecule has 0 saturated carbocycles. The Kier molecular flexibility index (Phi) is 4.15. The van der Waals surface area contributed by atoms with Crippen LogP contribution in [-0.4, -0.2) is 50.6 Å².